The van der Waals surface area contributed by atoms with Crippen molar-refractivity contribution in [2.45, 2.75) is 43.2 Å². The molecular formula is C22H23N3O6S. The maximum absolute atomic E-state index is 13.4. The highest BCUT2D eigenvalue weighted by atomic mass is 32.2. The van der Waals surface area contributed by atoms with E-state index in [1.165, 1.54) is 30.5 Å². The monoisotopic (exact) mass is 457 g/mol. The van der Waals surface area contributed by atoms with Gasteiger partial charge in [0.1, 0.15) is 11.8 Å². The number of ether oxygens (including phenoxy) is 1. The highest BCUT2D eigenvalue weighted by Gasteiger charge is 2.51. The summed E-state index contributed by atoms with van der Waals surface area (Å²) in [6.07, 6.45) is 1.05. The van der Waals surface area contributed by atoms with E-state index in [1.54, 1.807) is 36.4 Å². The smallest absolute Gasteiger partial charge is 0.252 e. The Labute approximate surface area is 186 Å². The number of imide groups is 1. The van der Waals surface area contributed by atoms with E-state index in [1.807, 2.05) is 0 Å². The predicted molar refractivity (Wildman–Crippen MR) is 117 cm³/mol. The maximum Gasteiger partial charge on any atom is 0.252 e. The van der Waals surface area contributed by atoms with Crippen LogP contribution in [0.3, 0.4) is 0 Å². The second-order valence-corrected chi connectivity index (χ2v) is 9.60. The van der Waals surface area contributed by atoms with Crippen LogP contribution in [0.2, 0.25) is 0 Å². The fraction of sp³-hybridized carbons (Fsp3) is 0.318. The Morgan fingerprint density at radius 2 is 1.69 bits per heavy atom. The minimum absolute atomic E-state index is 0.0450. The maximum atomic E-state index is 13.4. The molecule has 1 N–H and O–H groups in total. The van der Waals surface area contributed by atoms with Crippen LogP contribution >= 0.6 is 0 Å². The third-order valence-electron chi connectivity index (χ3n) is 5.42. The first kappa shape index (κ1) is 22.0. The molecule has 1 aliphatic heterocycles. The summed E-state index contributed by atoms with van der Waals surface area (Å²) in [7, 11) is -2.51. The molecule has 1 heterocycles. The van der Waals surface area contributed by atoms with Gasteiger partial charge in [-0.15, -0.1) is 0 Å². The average molecular weight is 458 g/mol. The van der Waals surface area contributed by atoms with Crippen molar-refractivity contribution in [3.63, 3.8) is 0 Å². The second-order valence-electron chi connectivity index (χ2n) is 7.76. The molecular weight excluding hydrogens is 434 g/mol. The third-order valence-corrected chi connectivity index (χ3v) is 7.39. The van der Waals surface area contributed by atoms with Crippen LogP contribution < -0.4 is 15.0 Å². The summed E-state index contributed by atoms with van der Waals surface area (Å²) in [5.41, 5.74) is 0.854. The summed E-state index contributed by atoms with van der Waals surface area (Å²) in [6.45, 7) is 1.38. The average Bonchev–Trinajstić information content (AvgIpc) is 3.54. The van der Waals surface area contributed by atoms with E-state index in [4.69, 9.17) is 4.74 Å². The summed E-state index contributed by atoms with van der Waals surface area (Å²) < 4.78 is 33.1. The van der Waals surface area contributed by atoms with Crippen LogP contribution in [-0.4, -0.2) is 49.6 Å². The highest BCUT2D eigenvalue weighted by molar-refractivity contribution is 7.89. The van der Waals surface area contributed by atoms with Gasteiger partial charge in [-0.1, -0.05) is 0 Å². The first-order valence-corrected chi connectivity index (χ1v) is 11.6. The van der Waals surface area contributed by atoms with E-state index in [2.05, 4.69) is 5.32 Å². The zero-order valence-corrected chi connectivity index (χ0v) is 18.5. The number of carbonyl (C=O) groups is 3. The number of methoxy groups -OCH3 is 1. The molecule has 1 aliphatic carbocycles. The van der Waals surface area contributed by atoms with Gasteiger partial charge in [0, 0.05) is 18.7 Å². The van der Waals surface area contributed by atoms with Crippen molar-refractivity contribution in [1.29, 1.82) is 0 Å². The lowest BCUT2D eigenvalue weighted by Crippen LogP contribution is -2.46. The number of nitrogens with zero attached hydrogens (tertiary/aromatic N) is 2. The van der Waals surface area contributed by atoms with Gasteiger partial charge in [-0.25, -0.2) is 13.3 Å². The summed E-state index contributed by atoms with van der Waals surface area (Å²) in [5, 5.41) is 2.62. The number of carbonyl (C=O) groups excluding carboxylic acids is 3. The Morgan fingerprint density at radius 1 is 1.06 bits per heavy atom. The van der Waals surface area contributed by atoms with Gasteiger partial charge in [0.25, 0.3) is 5.91 Å². The Hall–Kier alpha value is -3.24. The van der Waals surface area contributed by atoms with E-state index in [-0.39, 0.29) is 23.3 Å². The van der Waals surface area contributed by atoms with Gasteiger partial charge in [-0.3, -0.25) is 14.4 Å². The van der Waals surface area contributed by atoms with E-state index in [9.17, 15) is 22.8 Å². The number of benzene rings is 2. The zero-order valence-electron chi connectivity index (χ0n) is 17.6. The molecule has 9 nitrogen and oxygen atoms in total. The number of amides is 3. The number of nitrogens with one attached hydrogen (secondary N) is 1. The van der Waals surface area contributed by atoms with Crippen molar-refractivity contribution in [3.05, 3.63) is 48.5 Å². The van der Waals surface area contributed by atoms with E-state index < -0.39 is 27.9 Å². The first-order chi connectivity index (χ1) is 15.2. The van der Waals surface area contributed by atoms with Crippen molar-refractivity contribution < 1.29 is 27.5 Å². The number of sulfonamides is 1. The van der Waals surface area contributed by atoms with Gasteiger partial charge in [0.15, 0.2) is 0 Å². The third kappa shape index (κ3) is 4.11. The lowest BCUT2D eigenvalue weighted by atomic mass is 10.2. The van der Waals surface area contributed by atoms with Gasteiger partial charge >= 0.3 is 0 Å². The molecule has 4 rings (SSSR count). The Bertz CT molecular complexity index is 1160. The molecule has 2 aromatic rings. The molecule has 3 amide bonds. The molecule has 168 valence electrons. The summed E-state index contributed by atoms with van der Waals surface area (Å²) in [6, 6.07) is 10.8. The number of hydrogen-bond donors (Lipinski definition) is 1. The normalized spacial score (nSPS) is 18.8. The quantitative estimate of drug-likeness (QED) is 0.638. The van der Waals surface area contributed by atoms with Gasteiger partial charge in [0.05, 0.1) is 24.1 Å². The lowest BCUT2D eigenvalue weighted by molar-refractivity contribution is -0.122. The summed E-state index contributed by atoms with van der Waals surface area (Å²) in [5.74, 6) is -0.771. The van der Waals surface area contributed by atoms with Crippen LogP contribution in [0.1, 0.15) is 26.2 Å². The highest BCUT2D eigenvalue weighted by Crippen LogP contribution is 2.38. The summed E-state index contributed by atoms with van der Waals surface area (Å²) >= 11 is 0. The van der Waals surface area contributed by atoms with Crippen molar-refractivity contribution in [2.75, 3.05) is 17.3 Å². The number of hydrogen-bond acceptors (Lipinski definition) is 6. The van der Waals surface area contributed by atoms with Crippen molar-refractivity contribution in [1.82, 2.24) is 4.31 Å². The summed E-state index contributed by atoms with van der Waals surface area (Å²) in [4.78, 5) is 38.2. The van der Waals surface area contributed by atoms with Crippen LogP contribution in [0.15, 0.2) is 53.4 Å². The number of anilines is 2. The molecule has 2 fully saturated rings. The molecule has 1 saturated carbocycles. The van der Waals surface area contributed by atoms with E-state index in [0.717, 1.165) is 4.90 Å². The van der Waals surface area contributed by atoms with Crippen LogP contribution in [0, 0.1) is 0 Å². The molecule has 2 aliphatic rings. The van der Waals surface area contributed by atoms with Crippen molar-refractivity contribution in [3.8, 4) is 5.75 Å². The second kappa shape index (κ2) is 8.36. The Balaban J connectivity index is 1.62. The molecule has 1 atom stereocenters. The molecule has 10 heteroatoms. The SMILES string of the molecule is COc1ccc(S(=O)(=O)N(C2CC2)C2CC(=O)N(c3ccc(NC(C)=O)cc3)C2=O)cc1. The lowest BCUT2D eigenvalue weighted by Gasteiger charge is -2.26. The van der Waals surface area contributed by atoms with Crippen molar-refractivity contribution >= 4 is 39.1 Å². The molecule has 2 aromatic carbocycles. The topological polar surface area (TPSA) is 113 Å². The molecule has 0 radical (unpaired) electrons. The molecule has 1 saturated heterocycles. The fourth-order valence-electron chi connectivity index (χ4n) is 3.80. The van der Waals surface area contributed by atoms with Crippen LogP contribution in [0.5, 0.6) is 5.75 Å². The Morgan fingerprint density at radius 3 is 2.22 bits per heavy atom. The van der Waals surface area contributed by atoms with Gasteiger partial charge in [-0.05, 0) is 61.4 Å². The van der Waals surface area contributed by atoms with Crippen molar-refractivity contribution in [2.24, 2.45) is 0 Å². The van der Waals surface area contributed by atoms with Crippen LogP contribution in [0.25, 0.3) is 0 Å². The predicted octanol–water partition coefficient (Wildman–Crippen LogP) is 2.14. The molecule has 0 aromatic heterocycles. The standard InChI is InChI=1S/C22H23N3O6S/c1-14(26)23-15-3-5-16(6-4-15)24-21(27)13-20(22(24)28)25(17-7-8-17)32(29,30)19-11-9-18(31-2)10-12-19/h3-6,9-12,17,20H,7-8,13H2,1-2H3,(H,23,26). The fourth-order valence-corrected chi connectivity index (χ4v) is 5.63. The zero-order chi connectivity index (χ0) is 23.0. The van der Waals surface area contributed by atoms with E-state index in [0.29, 0.717) is 30.0 Å². The molecule has 32 heavy (non-hydrogen) atoms. The first-order valence-electron chi connectivity index (χ1n) is 10.1. The number of rotatable bonds is 7. The van der Waals surface area contributed by atoms with Crippen LogP contribution in [-0.2, 0) is 24.4 Å². The van der Waals surface area contributed by atoms with Crippen LogP contribution in [0.4, 0.5) is 11.4 Å². The van der Waals surface area contributed by atoms with Gasteiger partial charge in [-0.2, -0.15) is 4.31 Å². The van der Waals surface area contributed by atoms with E-state index >= 15 is 0 Å². The van der Waals surface area contributed by atoms with Gasteiger partial charge in [0.2, 0.25) is 21.8 Å². The minimum Gasteiger partial charge on any atom is -0.497 e. The minimum atomic E-state index is -4.00. The molecule has 1 unspecified atom stereocenters. The molecule has 0 spiro atoms. The van der Waals surface area contributed by atoms with Gasteiger partial charge < -0.3 is 10.1 Å². The Kier molecular flexibility index (Phi) is 5.74. The molecule has 0 bridgehead atoms. The largest absolute Gasteiger partial charge is 0.497 e.